The number of H-pyrrole nitrogens is 2. The summed E-state index contributed by atoms with van der Waals surface area (Å²) in [5.41, 5.74) is 0.427. The lowest BCUT2D eigenvalue weighted by molar-refractivity contribution is -0.142. The first-order valence-electron chi connectivity index (χ1n) is 9.93. The summed E-state index contributed by atoms with van der Waals surface area (Å²) in [5.74, 6) is -0.404. The summed E-state index contributed by atoms with van der Waals surface area (Å²) in [7, 11) is 1.33. The molecule has 0 saturated heterocycles. The fourth-order valence-electron chi connectivity index (χ4n) is 2.65. The fourth-order valence-corrected chi connectivity index (χ4v) is 2.65. The number of aromatic nitrogens is 2. The third-order valence-corrected chi connectivity index (χ3v) is 4.34. The van der Waals surface area contributed by atoms with Gasteiger partial charge in [0.15, 0.2) is 0 Å². The smallest absolute Gasteiger partial charge is 0.306 e. The topological polar surface area (TPSA) is 121 Å². The Morgan fingerprint density at radius 2 is 1.62 bits per heavy atom. The second-order valence-electron chi connectivity index (χ2n) is 6.80. The molecule has 0 radical (unpaired) electrons. The molecule has 29 heavy (non-hydrogen) atoms. The molecule has 0 spiro atoms. The number of fused-ring (bicyclic) bond motifs is 1. The Bertz CT molecular complexity index is 901. The van der Waals surface area contributed by atoms with Crippen molar-refractivity contribution in [3.63, 3.8) is 0 Å². The summed E-state index contributed by atoms with van der Waals surface area (Å²) in [6, 6.07) is 5.15. The van der Waals surface area contributed by atoms with Crippen LogP contribution in [-0.4, -0.2) is 35.7 Å². The highest BCUT2D eigenvalue weighted by Gasteiger charge is 2.05. The summed E-state index contributed by atoms with van der Waals surface area (Å²) < 4.78 is 4.45. The van der Waals surface area contributed by atoms with Crippen LogP contribution in [0.3, 0.4) is 0 Å². The molecule has 0 aliphatic rings. The molecule has 0 aliphatic heterocycles. The maximum Gasteiger partial charge on any atom is 0.306 e. The highest BCUT2D eigenvalue weighted by Crippen LogP contribution is 2.06. The van der Waals surface area contributed by atoms with Gasteiger partial charge in [0.1, 0.15) is 0 Å². The van der Waals surface area contributed by atoms with Crippen molar-refractivity contribution in [3.8, 4) is 0 Å². The molecule has 2 aromatic rings. The Kier molecular flexibility index (Phi) is 11.1. The van der Waals surface area contributed by atoms with Gasteiger partial charge in [0.05, 0.1) is 24.3 Å². The van der Waals surface area contributed by atoms with E-state index in [1.54, 1.807) is 18.2 Å². The molecule has 0 saturated carbocycles. The van der Waals surface area contributed by atoms with Crippen LogP contribution in [0.25, 0.3) is 10.8 Å². The number of amides is 1. The lowest BCUT2D eigenvalue weighted by atomic mass is 10.1. The number of unbranched alkanes of at least 4 members (excludes halogenated alkanes) is 4. The molecule has 160 valence electrons. The predicted octanol–water partition coefficient (Wildman–Crippen LogP) is 2.55. The first kappa shape index (κ1) is 24.1. The Labute approximate surface area is 170 Å². The van der Waals surface area contributed by atoms with Crippen molar-refractivity contribution in [2.45, 2.75) is 58.8 Å². The number of carbonyl (C=O) groups excluding carboxylic acids is 2. The number of methoxy groups -OCH3 is 1. The van der Waals surface area contributed by atoms with Gasteiger partial charge in [-0.25, -0.2) is 0 Å². The van der Waals surface area contributed by atoms with E-state index < -0.39 is 0 Å². The molecule has 0 unspecified atom stereocenters. The van der Waals surface area contributed by atoms with E-state index in [2.05, 4.69) is 27.2 Å². The molecular weight excluding hydrogens is 374 g/mol. The van der Waals surface area contributed by atoms with Gasteiger partial charge in [0, 0.05) is 13.0 Å². The quantitative estimate of drug-likeness (QED) is 0.437. The lowest BCUT2D eigenvalue weighted by Gasteiger charge is -2.04. The van der Waals surface area contributed by atoms with Crippen LogP contribution in [-0.2, 0) is 14.3 Å². The molecule has 0 fully saturated rings. The number of hydrogen-bond donors (Lipinski definition) is 3. The number of benzene rings is 1. The number of nitrogens with one attached hydrogen (secondary N) is 3. The number of ether oxygens (including phenoxy) is 1. The van der Waals surface area contributed by atoms with Crippen LogP contribution in [0.2, 0.25) is 0 Å². The number of esters is 1. The molecule has 0 atom stereocenters. The summed E-state index contributed by atoms with van der Waals surface area (Å²) in [6.07, 6.45) is 6.28. The van der Waals surface area contributed by atoms with Crippen LogP contribution < -0.4 is 16.4 Å². The van der Waals surface area contributed by atoms with Gasteiger partial charge >= 0.3 is 5.97 Å². The number of carbonyl (C=O) groups is 2. The van der Waals surface area contributed by atoms with E-state index in [4.69, 9.17) is 0 Å². The van der Waals surface area contributed by atoms with Crippen LogP contribution in [0.5, 0.6) is 0 Å². The van der Waals surface area contributed by atoms with Gasteiger partial charge in [0.25, 0.3) is 11.1 Å². The zero-order chi connectivity index (χ0) is 21.6. The molecule has 0 bridgehead atoms. The zero-order valence-corrected chi connectivity index (χ0v) is 17.4. The van der Waals surface area contributed by atoms with Crippen LogP contribution in [0.15, 0.2) is 27.8 Å². The van der Waals surface area contributed by atoms with Gasteiger partial charge in [-0.1, -0.05) is 44.2 Å². The average molecular weight is 405 g/mol. The Hall–Kier alpha value is -2.90. The molecule has 1 heterocycles. The van der Waals surface area contributed by atoms with Crippen molar-refractivity contribution >= 4 is 22.6 Å². The normalized spacial score (nSPS) is 10.2. The molecule has 0 aliphatic carbocycles. The summed E-state index contributed by atoms with van der Waals surface area (Å²) in [5, 5.41) is 8.20. The van der Waals surface area contributed by atoms with E-state index >= 15 is 0 Å². The molecule has 1 aromatic heterocycles. The molecule has 8 nitrogen and oxygen atoms in total. The minimum atomic E-state index is -0.335. The number of rotatable bonds is 9. The molecule has 3 N–H and O–H groups in total. The summed E-state index contributed by atoms with van der Waals surface area (Å²) >= 11 is 0. The van der Waals surface area contributed by atoms with E-state index in [9.17, 15) is 19.2 Å². The van der Waals surface area contributed by atoms with E-state index in [0.717, 1.165) is 18.4 Å². The van der Waals surface area contributed by atoms with E-state index in [1.807, 2.05) is 6.92 Å². The monoisotopic (exact) mass is 405 g/mol. The van der Waals surface area contributed by atoms with Crippen molar-refractivity contribution in [3.05, 3.63) is 44.5 Å². The second kappa shape index (κ2) is 13.3. The summed E-state index contributed by atoms with van der Waals surface area (Å²) in [4.78, 5) is 44.5. The third kappa shape index (κ3) is 9.23. The lowest BCUT2D eigenvalue weighted by Crippen LogP contribution is -2.24. The maximum atomic E-state index is 11.3. The molecule has 1 aromatic carbocycles. The van der Waals surface area contributed by atoms with E-state index in [0.29, 0.717) is 17.3 Å². The minimum Gasteiger partial charge on any atom is -0.469 e. The SMILES string of the molecule is CCCCCCCNC(=O)CCC(=O)OC.Cc1ccc2c(=O)[nH][nH]c(=O)c2c1. The van der Waals surface area contributed by atoms with Gasteiger partial charge < -0.3 is 10.1 Å². The van der Waals surface area contributed by atoms with Gasteiger partial charge in [-0.2, -0.15) is 0 Å². The van der Waals surface area contributed by atoms with E-state index in [1.165, 1.54) is 26.4 Å². The van der Waals surface area contributed by atoms with Crippen molar-refractivity contribution in [1.82, 2.24) is 15.5 Å². The van der Waals surface area contributed by atoms with E-state index in [-0.39, 0.29) is 35.8 Å². The largest absolute Gasteiger partial charge is 0.469 e. The first-order valence-corrected chi connectivity index (χ1v) is 9.93. The number of aryl methyl sites for hydroxylation is 1. The third-order valence-electron chi connectivity index (χ3n) is 4.34. The van der Waals surface area contributed by atoms with Gasteiger partial charge in [-0.05, 0) is 25.5 Å². The average Bonchev–Trinajstić information content (AvgIpc) is 2.72. The molecule has 8 heteroatoms. The first-order chi connectivity index (χ1) is 13.9. The van der Waals surface area contributed by atoms with Crippen LogP contribution in [0.1, 0.15) is 57.4 Å². The standard InChI is InChI=1S/C12H23NO3.C9H8N2O2/c1-3-4-5-6-7-10-13-11(14)8-9-12(15)16-2;1-5-2-3-6-7(4-5)9(13)11-10-8(6)12/h3-10H2,1-2H3,(H,13,14);2-4H,1H3,(H,10,12)(H,11,13). The molecule has 1 amide bonds. The van der Waals surface area contributed by atoms with Crippen molar-refractivity contribution in [2.75, 3.05) is 13.7 Å². The van der Waals surface area contributed by atoms with Crippen LogP contribution >= 0.6 is 0 Å². The van der Waals surface area contributed by atoms with Gasteiger partial charge in [-0.15, -0.1) is 0 Å². The summed E-state index contributed by atoms with van der Waals surface area (Å²) in [6.45, 7) is 4.76. The number of hydrogen-bond acceptors (Lipinski definition) is 5. The number of aromatic amines is 2. The van der Waals surface area contributed by atoms with Crippen molar-refractivity contribution in [1.29, 1.82) is 0 Å². The minimum absolute atomic E-state index is 0.0686. The highest BCUT2D eigenvalue weighted by atomic mass is 16.5. The Morgan fingerprint density at radius 1 is 0.966 bits per heavy atom. The zero-order valence-electron chi connectivity index (χ0n) is 17.4. The maximum absolute atomic E-state index is 11.3. The predicted molar refractivity (Wildman–Crippen MR) is 113 cm³/mol. The Balaban J connectivity index is 0.000000294. The van der Waals surface area contributed by atoms with Gasteiger partial charge in [-0.3, -0.25) is 29.4 Å². The molecule has 2 rings (SSSR count). The highest BCUT2D eigenvalue weighted by molar-refractivity contribution is 5.81. The second-order valence-corrected chi connectivity index (χ2v) is 6.80. The van der Waals surface area contributed by atoms with Crippen molar-refractivity contribution in [2.24, 2.45) is 0 Å². The van der Waals surface area contributed by atoms with Crippen LogP contribution in [0.4, 0.5) is 0 Å². The Morgan fingerprint density at radius 3 is 2.28 bits per heavy atom. The molecular formula is C21H31N3O5. The fraction of sp³-hybridized carbons (Fsp3) is 0.524. The van der Waals surface area contributed by atoms with Crippen molar-refractivity contribution < 1.29 is 14.3 Å². The van der Waals surface area contributed by atoms with Gasteiger partial charge in [0.2, 0.25) is 5.91 Å². The van der Waals surface area contributed by atoms with Crippen LogP contribution in [0, 0.1) is 6.92 Å².